The lowest BCUT2D eigenvalue weighted by molar-refractivity contribution is -0.130. The molecule has 2 aliphatic heterocycles. The molecular weight excluding hydrogens is 498 g/mol. The summed E-state index contributed by atoms with van der Waals surface area (Å²) >= 11 is 0. The normalized spacial score (nSPS) is 28.2. The summed E-state index contributed by atoms with van der Waals surface area (Å²) in [5.74, 6) is 0.0108. The number of benzene rings is 1. The summed E-state index contributed by atoms with van der Waals surface area (Å²) in [7, 11) is 0. The van der Waals surface area contributed by atoms with Gasteiger partial charge in [-0.05, 0) is 56.1 Å². The maximum Gasteiger partial charge on any atom is 0.360 e. The molecule has 2 unspecified atom stereocenters. The quantitative estimate of drug-likeness (QED) is 0.377. The highest BCUT2D eigenvalue weighted by atomic mass is 16.6. The van der Waals surface area contributed by atoms with Gasteiger partial charge in [0.05, 0.1) is 11.0 Å². The Balaban J connectivity index is 0.000000287. The van der Waals surface area contributed by atoms with E-state index in [2.05, 4.69) is 15.5 Å². The Labute approximate surface area is 228 Å². The van der Waals surface area contributed by atoms with Crippen LogP contribution in [0.1, 0.15) is 88.8 Å². The van der Waals surface area contributed by atoms with E-state index in [0.717, 1.165) is 37.5 Å². The molecule has 0 spiro atoms. The molecule has 0 radical (unpaired) electrons. The van der Waals surface area contributed by atoms with Gasteiger partial charge >= 0.3 is 5.97 Å². The summed E-state index contributed by atoms with van der Waals surface area (Å²) in [5.41, 5.74) is 4.61. The predicted octanol–water partition coefficient (Wildman–Crippen LogP) is 3.51. The van der Waals surface area contributed by atoms with Gasteiger partial charge in [0, 0.05) is 18.1 Å². The highest BCUT2D eigenvalue weighted by Gasteiger charge is 2.34. The van der Waals surface area contributed by atoms with E-state index in [4.69, 9.17) is 10.6 Å². The van der Waals surface area contributed by atoms with Gasteiger partial charge in [0.15, 0.2) is 12.3 Å². The van der Waals surface area contributed by atoms with Crippen molar-refractivity contribution >= 4 is 28.6 Å². The van der Waals surface area contributed by atoms with E-state index in [1.807, 2.05) is 12.1 Å². The van der Waals surface area contributed by atoms with E-state index in [-0.39, 0.29) is 11.7 Å². The van der Waals surface area contributed by atoms with E-state index in [1.165, 1.54) is 19.3 Å². The second-order valence-corrected chi connectivity index (χ2v) is 11.6. The number of hydrogen-bond donors (Lipinski definition) is 3. The van der Waals surface area contributed by atoms with Crippen molar-refractivity contribution in [2.24, 2.45) is 22.7 Å². The van der Waals surface area contributed by atoms with Gasteiger partial charge in [-0.1, -0.05) is 62.2 Å². The van der Waals surface area contributed by atoms with E-state index in [9.17, 15) is 19.5 Å². The van der Waals surface area contributed by atoms with Crippen molar-refractivity contribution in [1.29, 1.82) is 0 Å². The summed E-state index contributed by atoms with van der Waals surface area (Å²) in [6.07, 6.45) is 15.7. The minimum Gasteiger partial charge on any atom is -0.476 e. The van der Waals surface area contributed by atoms with Crippen LogP contribution in [0.15, 0.2) is 34.2 Å². The molecule has 2 aliphatic carbocycles. The zero-order valence-corrected chi connectivity index (χ0v) is 22.4. The lowest BCUT2D eigenvalue weighted by Gasteiger charge is -2.41. The number of nitrogens with one attached hydrogen (secondary N) is 1. The SMILES string of the molecule is C1CC2CCCC(C1)C2.NC(=O)CO/N=C(\C(=O)O)c1nc2ccccc2n(C2CC3CCCC(C2)N3)c1=O. The largest absolute Gasteiger partial charge is 0.476 e. The third kappa shape index (κ3) is 6.49. The maximum atomic E-state index is 13.4. The Bertz CT molecular complexity index is 1260. The number of oxime groups is 1. The van der Waals surface area contributed by atoms with Gasteiger partial charge < -0.3 is 25.6 Å². The molecule has 4 fully saturated rings. The highest BCUT2D eigenvalue weighted by molar-refractivity contribution is 6.41. The summed E-state index contributed by atoms with van der Waals surface area (Å²) in [6.45, 7) is -0.601. The monoisotopic (exact) mass is 537 g/mol. The van der Waals surface area contributed by atoms with Crippen LogP contribution in [-0.4, -0.2) is 50.9 Å². The number of hydrogen-bond acceptors (Lipinski definition) is 7. The van der Waals surface area contributed by atoms with Crippen molar-refractivity contribution in [2.45, 2.75) is 95.2 Å². The standard InChI is InChI=1S/C20H23N5O5.C9H16/c21-16(26)10-30-24-18(20(28)29)17-19(27)25(15-7-2-1-6-14(15)23-17)13-8-11-4-3-5-12(9-13)22-11;1-3-8-5-2-6-9(4-1)7-8/h1-2,6-7,11-13,22H,3-5,8-10H2,(H2,21,26)(H,28,29);8-9H,1-7H2/b24-18-;. The molecule has 210 valence electrons. The Morgan fingerprint density at radius 1 is 1.00 bits per heavy atom. The van der Waals surface area contributed by atoms with Gasteiger partial charge in [-0.2, -0.15) is 0 Å². The lowest BCUT2D eigenvalue weighted by Crippen LogP contribution is -2.50. The molecule has 4 aliphatic rings. The molecule has 4 N–H and O–H groups in total. The van der Waals surface area contributed by atoms with E-state index in [1.54, 1.807) is 48.8 Å². The zero-order chi connectivity index (χ0) is 27.4. The molecule has 3 heterocycles. The first kappa shape index (κ1) is 27.3. The number of para-hydroxylation sites is 2. The molecule has 2 saturated carbocycles. The number of carboxylic acids is 1. The first-order valence-electron chi connectivity index (χ1n) is 14.4. The maximum absolute atomic E-state index is 13.4. The van der Waals surface area contributed by atoms with Crippen molar-refractivity contribution < 1.29 is 19.5 Å². The summed E-state index contributed by atoms with van der Waals surface area (Å²) in [4.78, 5) is 45.1. The van der Waals surface area contributed by atoms with Crippen LogP contribution in [0.3, 0.4) is 0 Å². The Kier molecular flexibility index (Phi) is 8.60. The van der Waals surface area contributed by atoms with E-state index in [0.29, 0.717) is 23.1 Å². The number of rotatable bonds is 6. The smallest absolute Gasteiger partial charge is 0.360 e. The Morgan fingerprint density at radius 3 is 2.21 bits per heavy atom. The zero-order valence-electron chi connectivity index (χ0n) is 22.4. The van der Waals surface area contributed by atoms with Crippen LogP contribution < -0.4 is 16.6 Å². The summed E-state index contributed by atoms with van der Waals surface area (Å²) in [5, 5.41) is 16.7. The second kappa shape index (κ2) is 12.3. The number of nitrogens with zero attached hydrogens (tertiary/aromatic N) is 3. The van der Waals surface area contributed by atoms with Crippen LogP contribution >= 0.6 is 0 Å². The fraction of sp³-hybridized carbons (Fsp3) is 0.621. The Hall–Kier alpha value is -3.27. The highest BCUT2D eigenvalue weighted by Crippen LogP contribution is 2.39. The van der Waals surface area contributed by atoms with Crippen molar-refractivity contribution in [3.63, 3.8) is 0 Å². The number of amides is 1. The number of carboxylic acid groups (broad SMARTS) is 1. The average Bonchev–Trinajstić information content (AvgIpc) is 2.91. The van der Waals surface area contributed by atoms with E-state index >= 15 is 0 Å². The molecule has 10 nitrogen and oxygen atoms in total. The molecule has 10 heteroatoms. The fourth-order valence-corrected chi connectivity index (χ4v) is 7.08. The fourth-order valence-electron chi connectivity index (χ4n) is 7.08. The van der Waals surface area contributed by atoms with Gasteiger partial charge in [-0.3, -0.25) is 9.59 Å². The van der Waals surface area contributed by atoms with Crippen molar-refractivity contribution in [1.82, 2.24) is 14.9 Å². The third-order valence-corrected chi connectivity index (χ3v) is 8.76. The van der Waals surface area contributed by atoms with E-state index < -0.39 is 29.8 Å². The number of nitrogens with two attached hydrogens (primary N) is 1. The molecule has 2 aromatic rings. The predicted molar refractivity (Wildman–Crippen MR) is 147 cm³/mol. The molecule has 2 atom stereocenters. The number of aromatic nitrogens is 2. The van der Waals surface area contributed by atoms with Crippen LogP contribution in [0, 0.1) is 11.8 Å². The minimum absolute atomic E-state index is 0.0812. The number of carbonyl (C=O) groups excluding carboxylic acids is 1. The van der Waals surface area contributed by atoms with Crippen molar-refractivity contribution in [3.8, 4) is 0 Å². The lowest BCUT2D eigenvalue weighted by atomic mass is 9.72. The minimum atomic E-state index is -1.48. The molecule has 6 rings (SSSR count). The van der Waals surface area contributed by atoms with Crippen molar-refractivity contribution in [2.75, 3.05) is 6.61 Å². The number of piperidine rings is 2. The molecule has 2 saturated heterocycles. The summed E-state index contributed by atoms with van der Waals surface area (Å²) < 4.78 is 1.65. The first-order chi connectivity index (χ1) is 18.9. The van der Waals surface area contributed by atoms with Gasteiger partial charge in [-0.25, -0.2) is 9.78 Å². The van der Waals surface area contributed by atoms with Crippen LogP contribution in [-0.2, 0) is 14.4 Å². The number of fused-ring (bicyclic) bond motifs is 5. The topological polar surface area (TPSA) is 149 Å². The molecule has 39 heavy (non-hydrogen) atoms. The van der Waals surface area contributed by atoms with Gasteiger partial charge in [0.25, 0.3) is 11.5 Å². The molecule has 1 amide bonds. The van der Waals surface area contributed by atoms with Crippen LogP contribution in [0.25, 0.3) is 11.0 Å². The third-order valence-electron chi connectivity index (χ3n) is 8.76. The van der Waals surface area contributed by atoms with Crippen molar-refractivity contribution in [3.05, 3.63) is 40.3 Å². The summed E-state index contributed by atoms with van der Waals surface area (Å²) in [6, 6.07) is 7.71. The molecule has 1 aromatic heterocycles. The Morgan fingerprint density at radius 2 is 1.62 bits per heavy atom. The van der Waals surface area contributed by atoms with Crippen LogP contribution in [0.2, 0.25) is 0 Å². The molecular formula is C29H39N5O5. The van der Waals surface area contributed by atoms with Crippen LogP contribution in [0.5, 0.6) is 0 Å². The number of primary amides is 1. The average molecular weight is 538 g/mol. The first-order valence-corrected chi connectivity index (χ1v) is 14.4. The number of aliphatic carboxylic acids is 1. The molecule has 1 aromatic carbocycles. The van der Waals surface area contributed by atoms with Gasteiger partial charge in [-0.15, -0.1) is 0 Å². The van der Waals surface area contributed by atoms with Gasteiger partial charge in [0.2, 0.25) is 5.71 Å². The number of carbonyl (C=O) groups is 2. The van der Waals surface area contributed by atoms with Gasteiger partial charge in [0.1, 0.15) is 0 Å². The molecule has 4 bridgehead atoms. The second-order valence-electron chi connectivity index (χ2n) is 11.6. The van der Waals surface area contributed by atoms with Crippen LogP contribution in [0.4, 0.5) is 0 Å².